The van der Waals surface area contributed by atoms with E-state index in [9.17, 15) is 8.78 Å². The van der Waals surface area contributed by atoms with Gasteiger partial charge in [0.2, 0.25) is 0 Å². The maximum absolute atomic E-state index is 13.0. The average Bonchev–Trinajstić information content (AvgIpc) is 2.79. The van der Waals surface area contributed by atoms with Crippen molar-refractivity contribution < 1.29 is 8.78 Å². The number of hydrogen-bond donors (Lipinski definition) is 0. The summed E-state index contributed by atoms with van der Waals surface area (Å²) in [5.41, 5.74) is 0. The fourth-order valence-electron chi connectivity index (χ4n) is 1.43. The fraction of sp³-hybridized carbons (Fsp3) is 0.364. The molecule has 96 valence electrons. The van der Waals surface area contributed by atoms with Crippen LogP contribution in [0.2, 0.25) is 0 Å². The molecule has 2 aromatic rings. The van der Waals surface area contributed by atoms with E-state index in [1.165, 1.54) is 23.9 Å². The summed E-state index contributed by atoms with van der Waals surface area (Å²) in [6.07, 6.45) is 0.938. The molecule has 1 heterocycles. The van der Waals surface area contributed by atoms with Gasteiger partial charge in [-0.1, -0.05) is 6.92 Å². The third kappa shape index (κ3) is 3.04. The number of hydrogen-bond acceptors (Lipinski definition) is 4. The lowest BCUT2D eigenvalue weighted by atomic mass is 10.3. The van der Waals surface area contributed by atoms with Crippen molar-refractivity contribution in [2.24, 2.45) is 0 Å². The summed E-state index contributed by atoms with van der Waals surface area (Å²) in [7, 11) is 0. The van der Waals surface area contributed by atoms with Crippen molar-refractivity contribution >= 4 is 11.8 Å². The Balaban J connectivity index is 2.02. The quantitative estimate of drug-likeness (QED) is 0.783. The van der Waals surface area contributed by atoms with Crippen LogP contribution in [0.4, 0.5) is 8.78 Å². The summed E-state index contributed by atoms with van der Waals surface area (Å²) >= 11 is 1.37. The Hall–Kier alpha value is -1.50. The molecule has 0 amide bonds. The predicted octanol–water partition coefficient (Wildman–Crippen LogP) is 2.65. The number of halogens is 2. The van der Waals surface area contributed by atoms with Gasteiger partial charge in [-0.2, -0.15) is 0 Å². The number of nitrogens with zero attached hydrogens (tertiary/aromatic N) is 4. The third-order valence-electron chi connectivity index (χ3n) is 2.30. The molecule has 4 nitrogen and oxygen atoms in total. The lowest BCUT2D eigenvalue weighted by molar-refractivity contribution is 0.506. The van der Waals surface area contributed by atoms with Gasteiger partial charge in [0.05, 0.1) is 5.75 Å². The monoisotopic (exact) mass is 270 g/mol. The van der Waals surface area contributed by atoms with Crippen LogP contribution in [0.5, 0.6) is 0 Å². The minimum atomic E-state index is -0.840. The van der Waals surface area contributed by atoms with Crippen molar-refractivity contribution in [2.75, 3.05) is 0 Å². The zero-order valence-electron chi connectivity index (χ0n) is 9.81. The highest BCUT2D eigenvalue weighted by molar-refractivity contribution is 7.98. The number of tetrazole rings is 1. The maximum Gasteiger partial charge on any atom is 0.161 e. The lowest BCUT2D eigenvalue weighted by Crippen LogP contribution is -2.04. The molecule has 0 bridgehead atoms. The van der Waals surface area contributed by atoms with Crippen LogP contribution in [0, 0.1) is 11.6 Å². The van der Waals surface area contributed by atoms with E-state index < -0.39 is 11.6 Å². The van der Waals surface area contributed by atoms with Crippen molar-refractivity contribution in [2.45, 2.75) is 30.5 Å². The van der Waals surface area contributed by atoms with Crippen LogP contribution in [0.25, 0.3) is 0 Å². The molecule has 0 aliphatic rings. The van der Waals surface area contributed by atoms with Gasteiger partial charge in [0, 0.05) is 11.4 Å². The topological polar surface area (TPSA) is 43.6 Å². The van der Waals surface area contributed by atoms with Crippen molar-refractivity contribution in [3.8, 4) is 0 Å². The largest absolute Gasteiger partial charge is 0.229 e. The molecular weight excluding hydrogens is 258 g/mol. The van der Waals surface area contributed by atoms with Gasteiger partial charge >= 0.3 is 0 Å². The molecule has 0 aliphatic heterocycles. The number of aromatic nitrogens is 4. The molecule has 0 fully saturated rings. The highest BCUT2D eigenvalue weighted by atomic mass is 32.2. The number of thioether (sulfide) groups is 1. The van der Waals surface area contributed by atoms with Crippen molar-refractivity contribution in [3.63, 3.8) is 0 Å². The molecule has 0 aliphatic carbocycles. The van der Waals surface area contributed by atoms with Crippen LogP contribution in [0.3, 0.4) is 0 Å². The molecule has 0 spiro atoms. The number of aryl methyl sites for hydroxylation is 1. The first kappa shape index (κ1) is 12.9. The van der Waals surface area contributed by atoms with Gasteiger partial charge < -0.3 is 0 Å². The second-order valence-corrected chi connectivity index (χ2v) is 4.73. The first-order chi connectivity index (χ1) is 8.70. The van der Waals surface area contributed by atoms with Crippen LogP contribution in [0.15, 0.2) is 23.1 Å². The molecule has 0 radical (unpaired) electrons. The van der Waals surface area contributed by atoms with Gasteiger partial charge in [0.1, 0.15) is 0 Å². The molecule has 0 atom stereocenters. The molecule has 1 aromatic heterocycles. The number of benzene rings is 1. The summed E-state index contributed by atoms with van der Waals surface area (Å²) in [6.45, 7) is 2.79. The summed E-state index contributed by atoms with van der Waals surface area (Å²) in [5, 5.41) is 11.4. The molecular formula is C11H12F2N4S. The second-order valence-electron chi connectivity index (χ2n) is 3.68. The smallest absolute Gasteiger partial charge is 0.161 e. The Bertz CT molecular complexity index is 530. The number of rotatable bonds is 5. The molecule has 0 N–H and O–H groups in total. The fourth-order valence-corrected chi connectivity index (χ4v) is 2.28. The molecule has 2 rings (SSSR count). The summed E-state index contributed by atoms with van der Waals surface area (Å²) < 4.78 is 27.5. The molecule has 0 saturated carbocycles. The van der Waals surface area contributed by atoms with Gasteiger partial charge in [-0.05, 0) is 35.0 Å². The van der Waals surface area contributed by atoms with Gasteiger partial charge in [-0.3, -0.25) is 0 Å². The summed E-state index contributed by atoms with van der Waals surface area (Å²) in [6, 6.07) is 3.83. The Labute approximate surface area is 107 Å². The third-order valence-corrected chi connectivity index (χ3v) is 3.29. The average molecular weight is 270 g/mol. The molecule has 0 saturated heterocycles. The van der Waals surface area contributed by atoms with Crippen LogP contribution >= 0.6 is 11.8 Å². The molecule has 7 heteroatoms. The molecule has 0 unspecified atom stereocenters. The van der Waals surface area contributed by atoms with Crippen LogP contribution in [0.1, 0.15) is 19.2 Å². The standard InChI is InChI=1S/C11H12F2N4S/c1-2-5-17-11(14-15-16-17)7-18-8-3-4-9(12)10(13)6-8/h3-4,6H,2,5,7H2,1H3. The van der Waals surface area contributed by atoms with Gasteiger partial charge in [-0.25, -0.2) is 13.5 Å². The van der Waals surface area contributed by atoms with Crippen molar-refractivity contribution in [1.82, 2.24) is 20.2 Å². The first-order valence-corrected chi connectivity index (χ1v) is 6.52. The Kier molecular flexibility index (Phi) is 4.24. The minimum Gasteiger partial charge on any atom is -0.229 e. The van der Waals surface area contributed by atoms with Gasteiger partial charge in [0.25, 0.3) is 0 Å². The first-order valence-electron chi connectivity index (χ1n) is 5.53. The maximum atomic E-state index is 13.0. The summed E-state index contributed by atoms with van der Waals surface area (Å²) in [5.74, 6) is -0.423. The second kappa shape index (κ2) is 5.90. The normalized spacial score (nSPS) is 10.8. The van der Waals surface area contributed by atoms with Crippen molar-refractivity contribution in [3.05, 3.63) is 35.7 Å². The van der Waals surface area contributed by atoms with E-state index in [4.69, 9.17) is 0 Å². The van der Waals surface area contributed by atoms with Crippen LogP contribution in [-0.2, 0) is 12.3 Å². The van der Waals surface area contributed by atoms with Crippen LogP contribution < -0.4 is 0 Å². The van der Waals surface area contributed by atoms with E-state index in [1.54, 1.807) is 4.68 Å². The Morgan fingerprint density at radius 3 is 2.83 bits per heavy atom. The predicted molar refractivity (Wildman–Crippen MR) is 64.0 cm³/mol. The minimum absolute atomic E-state index is 0.526. The Morgan fingerprint density at radius 1 is 1.28 bits per heavy atom. The van der Waals surface area contributed by atoms with Crippen LogP contribution in [-0.4, -0.2) is 20.2 Å². The van der Waals surface area contributed by atoms with E-state index in [2.05, 4.69) is 15.5 Å². The van der Waals surface area contributed by atoms with E-state index in [0.717, 1.165) is 24.9 Å². The highest BCUT2D eigenvalue weighted by Gasteiger charge is 2.07. The SMILES string of the molecule is CCCn1nnnc1CSc1ccc(F)c(F)c1. The summed E-state index contributed by atoms with van der Waals surface area (Å²) in [4.78, 5) is 0.653. The lowest BCUT2D eigenvalue weighted by Gasteiger charge is -2.03. The van der Waals surface area contributed by atoms with E-state index >= 15 is 0 Å². The van der Waals surface area contributed by atoms with E-state index in [1.807, 2.05) is 6.92 Å². The molecule has 1 aromatic carbocycles. The van der Waals surface area contributed by atoms with E-state index in [-0.39, 0.29) is 0 Å². The Morgan fingerprint density at radius 2 is 2.11 bits per heavy atom. The zero-order chi connectivity index (χ0) is 13.0. The molecule has 18 heavy (non-hydrogen) atoms. The van der Waals surface area contributed by atoms with Crippen molar-refractivity contribution in [1.29, 1.82) is 0 Å². The van der Waals surface area contributed by atoms with Gasteiger partial charge in [0.15, 0.2) is 17.5 Å². The highest BCUT2D eigenvalue weighted by Crippen LogP contribution is 2.23. The van der Waals surface area contributed by atoms with E-state index in [0.29, 0.717) is 10.6 Å². The zero-order valence-corrected chi connectivity index (χ0v) is 10.6. The van der Waals surface area contributed by atoms with Gasteiger partial charge in [-0.15, -0.1) is 16.9 Å².